The van der Waals surface area contributed by atoms with Gasteiger partial charge in [-0.2, -0.15) is 0 Å². The maximum absolute atomic E-state index is 13.5. The average Bonchev–Trinajstić information content (AvgIpc) is 3.26. The summed E-state index contributed by atoms with van der Waals surface area (Å²) in [6.45, 7) is 0. The van der Waals surface area contributed by atoms with Crippen LogP contribution >= 0.6 is 0 Å². The average molecular weight is 441 g/mol. The second-order valence-corrected chi connectivity index (χ2v) is 8.05. The van der Waals surface area contributed by atoms with E-state index in [1.54, 1.807) is 12.0 Å². The topological polar surface area (TPSA) is 87.3 Å². The second kappa shape index (κ2) is 8.78. The third-order valence-corrected chi connectivity index (χ3v) is 6.06. The van der Waals surface area contributed by atoms with E-state index in [1.165, 1.54) is 0 Å². The number of benzene rings is 3. The van der Waals surface area contributed by atoms with Crippen molar-refractivity contribution in [3.8, 4) is 5.75 Å². The first-order valence-corrected chi connectivity index (χ1v) is 10.9. The van der Waals surface area contributed by atoms with E-state index in [1.807, 2.05) is 78.9 Å². The van der Waals surface area contributed by atoms with Crippen LogP contribution in [0.5, 0.6) is 5.75 Å². The minimum absolute atomic E-state index is 0.0122. The van der Waals surface area contributed by atoms with Gasteiger partial charge < -0.3 is 14.6 Å². The lowest BCUT2D eigenvalue weighted by Crippen LogP contribution is -2.47. The molecule has 1 aromatic heterocycles. The summed E-state index contributed by atoms with van der Waals surface area (Å²) in [6.07, 6.45) is 0.741. The molecule has 7 nitrogen and oxygen atoms in total. The normalized spacial score (nSPS) is 18.3. The standard InChI is InChI=1S/C26H24N4O3/c1-33-19-13-11-18(12-14-19)30-23(31)16-15-20(24(30)17-7-3-2-4-8-17)25(32)29-26-27-21-9-5-6-10-22(21)28-26/h2-14,20,24H,15-16H2,1H3,(H2,27,28,29,32). The van der Waals surface area contributed by atoms with Crippen LogP contribution in [0.4, 0.5) is 11.6 Å². The summed E-state index contributed by atoms with van der Waals surface area (Å²) in [5.41, 5.74) is 3.28. The lowest BCUT2D eigenvalue weighted by molar-refractivity contribution is -0.126. The number of aromatic amines is 1. The molecule has 2 N–H and O–H groups in total. The van der Waals surface area contributed by atoms with Crippen LogP contribution in [0.3, 0.4) is 0 Å². The molecule has 0 saturated carbocycles. The van der Waals surface area contributed by atoms with Gasteiger partial charge in [0.25, 0.3) is 0 Å². The van der Waals surface area contributed by atoms with Crippen LogP contribution in [0, 0.1) is 5.92 Å². The molecule has 1 aliphatic rings. The quantitative estimate of drug-likeness (QED) is 0.471. The van der Waals surface area contributed by atoms with Gasteiger partial charge in [0.2, 0.25) is 17.8 Å². The van der Waals surface area contributed by atoms with Crippen molar-refractivity contribution < 1.29 is 14.3 Å². The first-order chi connectivity index (χ1) is 16.1. The molecule has 3 aromatic carbocycles. The number of carbonyl (C=O) groups excluding carboxylic acids is 2. The van der Waals surface area contributed by atoms with Crippen LogP contribution in [-0.4, -0.2) is 28.9 Å². The molecule has 0 aliphatic carbocycles. The zero-order chi connectivity index (χ0) is 22.8. The summed E-state index contributed by atoms with van der Waals surface area (Å²) in [5, 5.41) is 2.94. The first kappa shape index (κ1) is 20.8. The molecular weight excluding hydrogens is 416 g/mol. The van der Waals surface area contributed by atoms with Crippen LogP contribution in [0.15, 0.2) is 78.9 Å². The fraction of sp³-hybridized carbons (Fsp3) is 0.192. The number of nitrogens with one attached hydrogen (secondary N) is 2. The SMILES string of the molecule is COc1ccc(N2C(=O)CCC(C(=O)Nc3nc4ccccc4[nH]3)C2c2ccccc2)cc1. The molecule has 1 aliphatic heterocycles. The maximum atomic E-state index is 13.5. The lowest BCUT2D eigenvalue weighted by atomic mass is 9.83. The summed E-state index contributed by atoms with van der Waals surface area (Å²) in [5.74, 6) is 0.482. The van der Waals surface area contributed by atoms with E-state index >= 15 is 0 Å². The summed E-state index contributed by atoms with van der Waals surface area (Å²) < 4.78 is 5.27. The summed E-state index contributed by atoms with van der Waals surface area (Å²) in [6, 6.07) is 24.2. The van der Waals surface area contributed by atoms with E-state index in [0.29, 0.717) is 18.1 Å². The zero-order valence-corrected chi connectivity index (χ0v) is 18.2. The summed E-state index contributed by atoms with van der Waals surface area (Å²) in [4.78, 5) is 36.0. The molecule has 2 heterocycles. The minimum Gasteiger partial charge on any atom is -0.497 e. The Labute approximate surface area is 191 Å². The number of fused-ring (bicyclic) bond motifs is 1. The van der Waals surface area contributed by atoms with Gasteiger partial charge >= 0.3 is 0 Å². The van der Waals surface area contributed by atoms with Crippen LogP contribution in [0.1, 0.15) is 24.4 Å². The Bertz CT molecular complexity index is 1250. The molecule has 1 saturated heterocycles. The highest BCUT2D eigenvalue weighted by atomic mass is 16.5. The van der Waals surface area contributed by atoms with Crippen molar-refractivity contribution in [2.45, 2.75) is 18.9 Å². The largest absolute Gasteiger partial charge is 0.497 e. The summed E-state index contributed by atoms with van der Waals surface area (Å²) >= 11 is 0. The lowest BCUT2D eigenvalue weighted by Gasteiger charge is -2.40. The highest BCUT2D eigenvalue weighted by Crippen LogP contribution is 2.40. The molecule has 166 valence electrons. The Kier molecular flexibility index (Phi) is 5.52. The highest BCUT2D eigenvalue weighted by molar-refractivity contribution is 6.00. The van der Waals surface area contributed by atoms with Gasteiger partial charge in [-0.15, -0.1) is 0 Å². The fourth-order valence-corrected chi connectivity index (χ4v) is 4.47. The molecule has 0 spiro atoms. The van der Waals surface area contributed by atoms with Gasteiger partial charge in [0.05, 0.1) is 30.1 Å². The predicted octanol–water partition coefficient (Wildman–Crippen LogP) is 4.69. The van der Waals surface area contributed by atoms with Crippen LogP contribution in [-0.2, 0) is 9.59 Å². The number of anilines is 2. The van der Waals surface area contributed by atoms with Crippen molar-refractivity contribution in [2.75, 3.05) is 17.3 Å². The van der Waals surface area contributed by atoms with Gasteiger partial charge in [0.1, 0.15) is 5.75 Å². The van der Waals surface area contributed by atoms with Crippen LogP contribution in [0.25, 0.3) is 11.0 Å². The number of piperidine rings is 1. The van der Waals surface area contributed by atoms with Gasteiger partial charge in [-0.25, -0.2) is 4.98 Å². The number of aromatic nitrogens is 2. The van der Waals surface area contributed by atoms with E-state index in [4.69, 9.17) is 4.74 Å². The number of para-hydroxylation sites is 2. The molecule has 2 atom stereocenters. The number of rotatable bonds is 5. The van der Waals surface area contributed by atoms with Crippen molar-refractivity contribution in [2.24, 2.45) is 5.92 Å². The van der Waals surface area contributed by atoms with E-state index in [0.717, 1.165) is 22.3 Å². The Morgan fingerprint density at radius 2 is 1.76 bits per heavy atom. The number of H-pyrrole nitrogens is 1. The van der Waals surface area contributed by atoms with Gasteiger partial charge in [-0.05, 0) is 48.4 Å². The first-order valence-electron chi connectivity index (χ1n) is 10.9. The minimum atomic E-state index is -0.444. The molecule has 2 amide bonds. The Morgan fingerprint density at radius 1 is 1.03 bits per heavy atom. The van der Waals surface area contributed by atoms with Crippen molar-refractivity contribution >= 4 is 34.5 Å². The van der Waals surface area contributed by atoms with Gasteiger partial charge in [0.15, 0.2) is 0 Å². The molecule has 2 unspecified atom stereocenters. The van der Waals surface area contributed by atoms with Crippen LogP contribution < -0.4 is 15.0 Å². The smallest absolute Gasteiger partial charge is 0.232 e. The number of nitrogens with zero attached hydrogens (tertiary/aromatic N) is 2. The Hall–Kier alpha value is -4.13. The predicted molar refractivity (Wildman–Crippen MR) is 127 cm³/mol. The van der Waals surface area contributed by atoms with Gasteiger partial charge in [-0.1, -0.05) is 42.5 Å². The number of hydrogen-bond acceptors (Lipinski definition) is 4. The van der Waals surface area contributed by atoms with E-state index in [9.17, 15) is 9.59 Å². The van der Waals surface area contributed by atoms with E-state index in [2.05, 4.69) is 15.3 Å². The maximum Gasteiger partial charge on any atom is 0.232 e. The van der Waals surface area contributed by atoms with Crippen molar-refractivity contribution in [3.05, 3.63) is 84.4 Å². The molecule has 4 aromatic rings. The van der Waals surface area contributed by atoms with Gasteiger partial charge in [0, 0.05) is 12.1 Å². The van der Waals surface area contributed by atoms with Gasteiger partial charge in [-0.3, -0.25) is 14.9 Å². The Morgan fingerprint density at radius 3 is 2.48 bits per heavy atom. The summed E-state index contributed by atoms with van der Waals surface area (Å²) in [7, 11) is 1.60. The van der Waals surface area contributed by atoms with E-state index < -0.39 is 12.0 Å². The monoisotopic (exact) mass is 440 g/mol. The number of hydrogen-bond donors (Lipinski definition) is 2. The number of amides is 2. The molecule has 1 fully saturated rings. The molecule has 0 bridgehead atoms. The van der Waals surface area contributed by atoms with Crippen LogP contribution in [0.2, 0.25) is 0 Å². The van der Waals surface area contributed by atoms with Crippen molar-refractivity contribution in [3.63, 3.8) is 0 Å². The van der Waals surface area contributed by atoms with Crippen molar-refractivity contribution in [1.82, 2.24) is 9.97 Å². The molecule has 7 heteroatoms. The number of imidazole rings is 1. The van der Waals surface area contributed by atoms with E-state index in [-0.39, 0.29) is 18.2 Å². The molecular formula is C26H24N4O3. The zero-order valence-electron chi connectivity index (χ0n) is 18.2. The fourth-order valence-electron chi connectivity index (χ4n) is 4.47. The molecule has 5 rings (SSSR count). The molecule has 0 radical (unpaired) electrons. The number of carbonyl (C=O) groups is 2. The molecule has 33 heavy (non-hydrogen) atoms. The Balaban J connectivity index is 1.50. The second-order valence-electron chi connectivity index (χ2n) is 8.05. The number of methoxy groups -OCH3 is 1. The number of ether oxygens (including phenoxy) is 1. The third-order valence-electron chi connectivity index (χ3n) is 6.06. The third kappa shape index (κ3) is 4.05. The van der Waals surface area contributed by atoms with Crippen molar-refractivity contribution in [1.29, 1.82) is 0 Å². The highest BCUT2D eigenvalue weighted by Gasteiger charge is 2.41.